The van der Waals surface area contributed by atoms with Gasteiger partial charge in [-0.2, -0.15) is 5.10 Å². The van der Waals surface area contributed by atoms with Gasteiger partial charge < -0.3 is 20.3 Å². The van der Waals surface area contributed by atoms with Gasteiger partial charge in [0, 0.05) is 30.4 Å². The number of aryl methyl sites for hydroxylation is 1. The number of carbonyl (C=O) groups excluding carboxylic acids is 1. The van der Waals surface area contributed by atoms with E-state index in [0.717, 1.165) is 52.3 Å². The number of rotatable bonds is 4. The minimum atomic E-state index is -0.282. The SMILES string of the molecule is Cc1n[nH]c2nccc(-c3ccc(NC(=O)Nc4ccccc4N4CCOCC4)cc3)c12. The molecule has 162 valence electrons. The Labute approximate surface area is 185 Å². The van der Waals surface area contributed by atoms with Crippen molar-refractivity contribution in [2.24, 2.45) is 0 Å². The third-order valence-corrected chi connectivity index (χ3v) is 5.60. The number of hydrogen-bond acceptors (Lipinski definition) is 5. The summed E-state index contributed by atoms with van der Waals surface area (Å²) in [5.41, 5.74) is 6.24. The fourth-order valence-electron chi connectivity index (χ4n) is 4.02. The Bertz CT molecular complexity index is 1250. The van der Waals surface area contributed by atoms with Crippen molar-refractivity contribution < 1.29 is 9.53 Å². The molecular weight excluding hydrogens is 404 g/mol. The molecule has 2 aromatic carbocycles. The number of hydrogen-bond donors (Lipinski definition) is 3. The summed E-state index contributed by atoms with van der Waals surface area (Å²) in [6.45, 7) is 4.95. The first-order chi connectivity index (χ1) is 15.7. The Morgan fingerprint density at radius 2 is 1.81 bits per heavy atom. The zero-order valence-electron chi connectivity index (χ0n) is 17.8. The van der Waals surface area contributed by atoms with E-state index in [-0.39, 0.29) is 6.03 Å². The Balaban J connectivity index is 1.30. The third-order valence-electron chi connectivity index (χ3n) is 5.60. The second kappa shape index (κ2) is 8.68. The lowest BCUT2D eigenvalue weighted by Gasteiger charge is -2.30. The van der Waals surface area contributed by atoms with Crippen LogP contribution in [-0.4, -0.2) is 47.5 Å². The van der Waals surface area contributed by atoms with Crippen LogP contribution in [0.3, 0.4) is 0 Å². The van der Waals surface area contributed by atoms with Gasteiger partial charge in [0.15, 0.2) is 5.65 Å². The predicted octanol–water partition coefficient (Wildman–Crippen LogP) is 4.41. The smallest absolute Gasteiger partial charge is 0.323 e. The lowest BCUT2D eigenvalue weighted by atomic mass is 10.0. The van der Waals surface area contributed by atoms with Crippen molar-refractivity contribution >= 4 is 34.1 Å². The molecule has 32 heavy (non-hydrogen) atoms. The minimum absolute atomic E-state index is 0.282. The Hall–Kier alpha value is -3.91. The molecule has 0 bridgehead atoms. The molecule has 1 aliphatic heterocycles. The summed E-state index contributed by atoms with van der Waals surface area (Å²) in [6, 6.07) is 17.3. The van der Waals surface area contributed by atoms with Crippen LogP contribution in [0, 0.1) is 6.92 Å². The van der Waals surface area contributed by atoms with Gasteiger partial charge in [0.05, 0.1) is 30.3 Å². The number of pyridine rings is 1. The van der Waals surface area contributed by atoms with E-state index in [0.29, 0.717) is 18.9 Å². The quantitative estimate of drug-likeness (QED) is 0.447. The highest BCUT2D eigenvalue weighted by molar-refractivity contribution is 6.02. The van der Waals surface area contributed by atoms with Crippen molar-refractivity contribution in [1.82, 2.24) is 15.2 Å². The molecule has 1 fully saturated rings. The number of fused-ring (bicyclic) bond motifs is 1. The summed E-state index contributed by atoms with van der Waals surface area (Å²) < 4.78 is 5.44. The van der Waals surface area contributed by atoms with Crippen LogP contribution >= 0.6 is 0 Å². The number of aromatic nitrogens is 3. The van der Waals surface area contributed by atoms with E-state index in [1.807, 2.05) is 61.5 Å². The molecule has 4 aromatic rings. The molecule has 8 nitrogen and oxygen atoms in total. The summed E-state index contributed by atoms with van der Waals surface area (Å²) in [5.74, 6) is 0. The van der Waals surface area contributed by atoms with Gasteiger partial charge in [-0.25, -0.2) is 9.78 Å². The van der Waals surface area contributed by atoms with Crippen LogP contribution in [0.1, 0.15) is 5.69 Å². The standard InChI is InChI=1S/C24H24N6O2/c1-16-22-19(10-11-25-23(22)29-28-16)17-6-8-18(9-7-17)26-24(31)27-20-4-2-3-5-21(20)30-12-14-32-15-13-30/h2-11H,12-15H2,1H3,(H,25,28,29)(H2,26,27,31). The highest BCUT2D eigenvalue weighted by atomic mass is 16.5. The van der Waals surface area contributed by atoms with Crippen molar-refractivity contribution in [3.05, 3.63) is 66.5 Å². The van der Waals surface area contributed by atoms with Crippen molar-refractivity contribution in [3.63, 3.8) is 0 Å². The molecule has 2 aromatic heterocycles. The van der Waals surface area contributed by atoms with Crippen LogP contribution < -0.4 is 15.5 Å². The number of aromatic amines is 1. The van der Waals surface area contributed by atoms with Crippen LogP contribution in [0.15, 0.2) is 60.8 Å². The van der Waals surface area contributed by atoms with Crippen molar-refractivity contribution in [1.29, 1.82) is 0 Å². The largest absolute Gasteiger partial charge is 0.378 e. The number of morpholine rings is 1. The zero-order chi connectivity index (χ0) is 21.9. The van der Waals surface area contributed by atoms with Crippen molar-refractivity contribution in [2.45, 2.75) is 6.92 Å². The first-order valence-corrected chi connectivity index (χ1v) is 10.6. The van der Waals surface area contributed by atoms with E-state index in [2.05, 4.69) is 30.7 Å². The molecule has 2 amide bonds. The fourth-order valence-corrected chi connectivity index (χ4v) is 4.02. The van der Waals surface area contributed by atoms with Crippen LogP contribution in [-0.2, 0) is 4.74 Å². The number of nitrogens with zero attached hydrogens (tertiary/aromatic N) is 3. The van der Waals surface area contributed by atoms with Crippen LogP contribution in [0.2, 0.25) is 0 Å². The Kier molecular flexibility index (Phi) is 5.43. The average molecular weight is 428 g/mol. The maximum atomic E-state index is 12.7. The van der Waals surface area contributed by atoms with Crippen molar-refractivity contribution in [2.75, 3.05) is 41.8 Å². The fraction of sp³-hybridized carbons (Fsp3) is 0.208. The maximum absolute atomic E-state index is 12.7. The third kappa shape index (κ3) is 4.00. The topological polar surface area (TPSA) is 95.2 Å². The molecule has 8 heteroatoms. The van der Waals surface area contributed by atoms with E-state index in [4.69, 9.17) is 4.74 Å². The normalized spacial score (nSPS) is 13.8. The number of amides is 2. The van der Waals surface area contributed by atoms with Crippen LogP contribution in [0.25, 0.3) is 22.2 Å². The molecule has 3 N–H and O–H groups in total. The van der Waals surface area contributed by atoms with E-state index >= 15 is 0 Å². The van der Waals surface area contributed by atoms with Crippen LogP contribution in [0.5, 0.6) is 0 Å². The van der Waals surface area contributed by atoms with Crippen molar-refractivity contribution in [3.8, 4) is 11.1 Å². The number of para-hydroxylation sites is 2. The average Bonchev–Trinajstić information content (AvgIpc) is 3.21. The molecule has 1 saturated heterocycles. The first kappa shape index (κ1) is 20.0. The number of benzene rings is 2. The van der Waals surface area contributed by atoms with Gasteiger partial charge in [-0.3, -0.25) is 5.10 Å². The number of carbonyl (C=O) groups is 1. The Morgan fingerprint density at radius 1 is 1.03 bits per heavy atom. The first-order valence-electron chi connectivity index (χ1n) is 10.6. The van der Waals surface area contributed by atoms with Gasteiger partial charge in [0.25, 0.3) is 0 Å². The van der Waals surface area contributed by atoms with Gasteiger partial charge in [-0.1, -0.05) is 24.3 Å². The lowest BCUT2D eigenvalue weighted by Crippen LogP contribution is -2.36. The molecule has 0 aliphatic carbocycles. The van der Waals surface area contributed by atoms with E-state index in [1.165, 1.54) is 0 Å². The monoisotopic (exact) mass is 428 g/mol. The van der Waals surface area contributed by atoms with E-state index in [1.54, 1.807) is 6.20 Å². The molecule has 0 unspecified atom stereocenters. The molecule has 0 spiro atoms. The number of ether oxygens (including phenoxy) is 1. The highest BCUT2D eigenvalue weighted by Crippen LogP contribution is 2.30. The number of anilines is 3. The molecule has 5 rings (SSSR count). The minimum Gasteiger partial charge on any atom is -0.378 e. The molecule has 0 atom stereocenters. The van der Waals surface area contributed by atoms with Gasteiger partial charge in [-0.15, -0.1) is 0 Å². The molecule has 0 saturated carbocycles. The molecular formula is C24H24N6O2. The number of nitrogens with one attached hydrogen (secondary N) is 3. The van der Waals surface area contributed by atoms with Gasteiger partial charge in [0.2, 0.25) is 0 Å². The summed E-state index contributed by atoms with van der Waals surface area (Å²) in [6.07, 6.45) is 1.76. The molecule has 3 heterocycles. The lowest BCUT2D eigenvalue weighted by molar-refractivity contribution is 0.123. The van der Waals surface area contributed by atoms with Gasteiger partial charge in [-0.05, 0) is 48.4 Å². The summed E-state index contributed by atoms with van der Waals surface area (Å²) >= 11 is 0. The molecule has 1 aliphatic rings. The summed E-state index contributed by atoms with van der Waals surface area (Å²) in [5, 5.41) is 14.1. The van der Waals surface area contributed by atoms with Gasteiger partial charge in [0.1, 0.15) is 0 Å². The highest BCUT2D eigenvalue weighted by Gasteiger charge is 2.16. The zero-order valence-corrected chi connectivity index (χ0v) is 17.8. The number of H-pyrrole nitrogens is 1. The second-order valence-electron chi connectivity index (χ2n) is 7.66. The second-order valence-corrected chi connectivity index (χ2v) is 7.66. The van der Waals surface area contributed by atoms with E-state index in [9.17, 15) is 4.79 Å². The van der Waals surface area contributed by atoms with Crippen LogP contribution in [0.4, 0.5) is 21.9 Å². The Morgan fingerprint density at radius 3 is 2.62 bits per heavy atom. The summed E-state index contributed by atoms with van der Waals surface area (Å²) in [7, 11) is 0. The van der Waals surface area contributed by atoms with Gasteiger partial charge >= 0.3 is 6.03 Å². The maximum Gasteiger partial charge on any atom is 0.323 e. The predicted molar refractivity (Wildman–Crippen MR) is 126 cm³/mol. The number of urea groups is 1. The summed E-state index contributed by atoms with van der Waals surface area (Å²) in [4.78, 5) is 19.2. The molecule has 0 radical (unpaired) electrons. The van der Waals surface area contributed by atoms with E-state index < -0.39 is 0 Å².